The van der Waals surface area contributed by atoms with E-state index in [-0.39, 0.29) is 11.6 Å². The molecule has 0 heterocycles. The average molecular weight is 246 g/mol. The number of nitrogens with one attached hydrogen (secondary N) is 1. The van der Waals surface area contributed by atoms with E-state index in [9.17, 15) is 12.8 Å². The highest BCUT2D eigenvalue weighted by atomic mass is 32.2. The van der Waals surface area contributed by atoms with Gasteiger partial charge in [-0.2, -0.15) is 0 Å². The first-order valence-electron chi connectivity index (χ1n) is 4.95. The maximum absolute atomic E-state index is 12.6. The molecule has 0 radical (unpaired) electrons. The van der Waals surface area contributed by atoms with Crippen molar-refractivity contribution in [1.82, 2.24) is 4.72 Å². The maximum atomic E-state index is 12.6. The van der Waals surface area contributed by atoms with Gasteiger partial charge >= 0.3 is 0 Å². The molecular weight excluding hydrogens is 231 g/mol. The van der Waals surface area contributed by atoms with E-state index in [2.05, 4.69) is 4.72 Å². The van der Waals surface area contributed by atoms with Gasteiger partial charge in [-0.25, -0.2) is 17.5 Å². The molecule has 0 saturated heterocycles. The first-order chi connectivity index (χ1) is 7.53. The molecule has 3 N–H and O–H groups in total. The zero-order valence-corrected chi connectivity index (χ0v) is 9.63. The number of hydrogen-bond donors (Lipinski definition) is 2. The van der Waals surface area contributed by atoms with E-state index in [0.717, 1.165) is 0 Å². The van der Waals surface area contributed by atoms with Crippen molar-refractivity contribution in [1.29, 1.82) is 0 Å². The van der Waals surface area contributed by atoms with Gasteiger partial charge < -0.3 is 5.73 Å². The molecule has 0 amide bonds. The van der Waals surface area contributed by atoms with Crippen LogP contribution in [-0.4, -0.2) is 21.5 Å². The van der Waals surface area contributed by atoms with Crippen LogP contribution in [0.2, 0.25) is 0 Å². The lowest BCUT2D eigenvalue weighted by Crippen LogP contribution is -2.27. The van der Waals surface area contributed by atoms with Gasteiger partial charge in [0.2, 0.25) is 10.0 Å². The van der Waals surface area contributed by atoms with E-state index in [1.807, 2.05) is 0 Å². The minimum absolute atomic E-state index is 0.141. The molecule has 0 aliphatic heterocycles. The lowest BCUT2D eigenvalue weighted by molar-refractivity contribution is 0.578. The third-order valence-corrected chi connectivity index (χ3v) is 3.33. The summed E-state index contributed by atoms with van der Waals surface area (Å²) in [6.07, 6.45) is 0.600. The van der Waals surface area contributed by atoms with Crippen LogP contribution in [0.3, 0.4) is 0 Å². The zero-order chi connectivity index (χ0) is 12.0. The quantitative estimate of drug-likeness (QED) is 0.722. The van der Waals surface area contributed by atoms with Crippen molar-refractivity contribution in [2.24, 2.45) is 5.73 Å². The topological polar surface area (TPSA) is 72.2 Å². The highest BCUT2D eigenvalue weighted by molar-refractivity contribution is 7.88. The molecule has 0 saturated carbocycles. The van der Waals surface area contributed by atoms with Crippen molar-refractivity contribution in [2.75, 3.05) is 13.1 Å². The number of sulfonamides is 1. The van der Waals surface area contributed by atoms with Gasteiger partial charge in [-0.15, -0.1) is 0 Å². The van der Waals surface area contributed by atoms with Crippen LogP contribution in [-0.2, 0) is 15.8 Å². The van der Waals surface area contributed by atoms with Crippen LogP contribution in [0, 0.1) is 5.82 Å². The van der Waals surface area contributed by atoms with Gasteiger partial charge in [-0.3, -0.25) is 0 Å². The van der Waals surface area contributed by atoms with Gasteiger partial charge in [0, 0.05) is 6.54 Å². The Labute approximate surface area is 94.7 Å². The van der Waals surface area contributed by atoms with Crippen LogP contribution in [0.4, 0.5) is 4.39 Å². The van der Waals surface area contributed by atoms with Crippen molar-refractivity contribution >= 4 is 10.0 Å². The smallest absolute Gasteiger partial charge is 0.215 e. The number of nitrogens with two attached hydrogens (primary N) is 1. The van der Waals surface area contributed by atoms with Crippen molar-refractivity contribution in [2.45, 2.75) is 12.2 Å². The lowest BCUT2D eigenvalue weighted by atomic mass is 10.2. The Kier molecular flexibility index (Phi) is 4.85. The summed E-state index contributed by atoms with van der Waals surface area (Å²) in [7, 11) is -3.35. The van der Waals surface area contributed by atoms with Gasteiger partial charge in [0.05, 0.1) is 5.75 Å². The van der Waals surface area contributed by atoms with E-state index in [0.29, 0.717) is 25.1 Å². The fourth-order valence-electron chi connectivity index (χ4n) is 1.18. The SMILES string of the molecule is NCCCNS(=O)(=O)Cc1ccc(F)cc1. The standard InChI is InChI=1S/C10H15FN2O2S/c11-10-4-2-9(3-5-10)8-16(14,15)13-7-1-6-12/h2-5,13H,1,6-8,12H2. The Morgan fingerprint density at radius 1 is 1.25 bits per heavy atom. The van der Waals surface area contributed by atoms with Crippen molar-refractivity contribution in [3.05, 3.63) is 35.6 Å². The second kappa shape index (κ2) is 5.93. The summed E-state index contributed by atoms with van der Waals surface area (Å²) in [5.41, 5.74) is 5.81. The molecule has 0 unspecified atom stereocenters. The number of hydrogen-bond acceptors (Lipinski definition) is 3. The van der Waals surface area contributed by atoms with E-state index in [4.69, 9.17) is 5.73 Å². The summed E-state index contributed by atoms with van der Waals surface area (Å²) < 4.78 is 38.0. The predicted molar refractivity (Wildman–Crippen MR) is 60.7 cm³/mol. The molecule has 1 aromatic carbocycles. The van der Waals surface area contributed by atoms with E-state index >= 15 is 0 Å². The monoisotopic (exact) mass is 246 g/mol. The summed E-state index contributed by atoms with van der Waals surface area (Å²) in [6, 6.07) is 5.39. The lowest BCUT2D eigenvalue weighted by Gasteiger charge is -2.05. The second-order valence-electron chi connectivity index (χ2n) is 3.42. The van der Waals surface area contributed by atoms with E-state index < -0.39 is 10.0 Å². The van der Waals surface area contributed by atoms with Crippen LogP contribution in [0.15, 0.2) is 24.3 Å². The number of rotatable bonds is 6. The fraction of sp³-hybridized carbons (Fsp3) is 0.400. The number of benzene rings is 1. The minimum atomic E-state index is -3.35. The third-order valence-electron chi connectivity index (χ3n) is 1.97. The Hall–Kier alpha value is -0.980. The largest absolute Gasteiger partial charge is 0.330 e. The molecular formula is C10H15FN2O2S. The third kappa shape index (κ3) is 4.69. The summed E-state index contributed by atoms with van der Waals surface area (Å²) in [4.78, 5) is 0. The van der Waals surface area contributed by atoms with Crippen LogP contribution in [0.25, 0.3) is 0 Å². The van der Waals surface area contributed by atoms with E-state index in [1.54, 1.807) is 0 Å². The van der Waals surface area contributed by atoms with Crippen LogP contribution in [0.5, 0.6) is 0 Å². The molecule has 16 heavy (non-hydrogen) atoms. The zero-order valence-electron chi connectivity index (χ0n) is 8.82. The molecule has 0 fully saturated rings. The molecule has 90 valence electrons. The minimum Gasteiger partial charge on any atom is -0.330 e. The van der Waals surface area contributed by atoms with Crippen molar-refractivity contribution < 1.29 is 12.8 Å². The molecule has 0 aromatic heterocycles. The van der Waals surface area contributed by atoms with Crippen LogP contribution >= 0.6 is 0 Å². The van der Waals surface area contributed by atoms with Gasteiger partial charge in [0.25, 0.3) is 0 Å². The Morgan fingerprint density at radius 3 is 2.44 bits per heavy atom. The highest BCUT2D eigenvalue weighted by Gasteiger charge is 2.10. The second-order valence-corrected chi connectivity index (χ2v) is 5.23. The molecule has 6 heteroatoms. The van der Waals surface area contributed by atoms with Gasteiger partial charge in [0.1, 0.15) is 5.82 Å². The maximum Gasteiger partial charge on any atom is 0.215 e. The molecule has 0 atom stereocenters. The van der Waals surface area contributed by atoms with Crippen LogP contribution < -0.4 is 10.5 Å². The highest BCUT2D eigenvalue weighted by Crippen LogP contribution is 2.06. The molecule has 1 aromatic rings. The van der Waals surface area contributed by atoms with Gasteiger partial charge in [-0.1, -0.05) is 12.1 Å². The average Bonchev–Trinajstić information content (AvgIpc) is 2.21. The first kappa shape index (κ1) is 13.1. The molecule has 0 aliphatic carbocycles. The predicted octanol–water partition coefficient (Wildman–Crippen LogP) is 0.594. The molecule has 4 nitrogen and oxygen atoms in total. The normalized spacial score (nSPS) is 11.6. The molecule has 0 aliphatic rings. The Balaban J connectivity index is 2.55. The fourth-order valence-corrected chi connectivity index (χ4v) is 2.37. The summed E-state index contributed by atoms with van der Waals surface area (Å²) in [5.74, 6) is -0.519. The summed E-state index contributed by atoms with van der Waals surface area (Å²) in [5, 5.41) is 0. The van der Waals surface area contributed by atoms with Gasteiger partial charge in [-0.05, 0) is 30.7 Å². The molecule has 0 spiro atoms. The number of halogens is 1. The van der Waals surface area contributed by atoms with Gasteiger partial charge in [0.15, 0.2) is 0 Å². The van der Waals surface area contributed by atoms with E-state index in [1.165, 1.54) is 24.3 Å². The van der Waals surface area contributed by atoms with Crippen LogP contribution in [0.1, 0.15) is 12.0 Å². The van der Waals surface area contributed by atoms with Crippen molar-refractivity contribution in [3.63, 3.8) is 0 Å². The summed E-state index contributed by atoms with van der Waals surface area (Å²) in [6.45, 7) is 0.777. The van der Waals surface area contributed by atoms with Crippen molar-refractivity contribution in [3.8, 4) is 0 Å². The molecule has 1 rings (SSSR count). The first-order valence-corrected chi connectivity index (χ1v) is 6.60. The molecule has 0 bridgehead atoms. The Morgan fingerprint density at radius 2 is 1.88 bits per heavy atom. The summed E-state index contributed by atoms with van der Waals surface area (Å²) >= 11 is 0. The Bertz CT molecular complexity index is 417.